The Bertz CT molecular complexity index is 757. The summed E-state index contributed by atoms with van der Waals surface area (Å²) in [4.78, 5) is 0. The minimum atomic E-state index is 1.14. The first kappa shape index (κ1) is 21.0. The molecule has 3 aromatic rings. The van der Waals surface area contributed by atoms with Crippen LogP contribution in [0.25, 0.3) is 0 Å². The monoisotopic (exact) mass is 358 g/mol. The molecule has 0 atom stereocenters. The first-order valence-corrected chi connectivity index (χ1v) is 10.4. The molecule has 0 radical (unpaired) electrons. The molecule has 0 N–H and O–H groups in total. The van der Waals surface area contributed by atoms with E-state index in [1.807, 2.05) is 24.3 Å². The van der Waals surface area contributed by atoms with E-state index in [1.54, 1.807) is 11.1 Å². The molecule has 0 aliphatic heterocycles. The van der Waals surface area contributed by atoms with E-state index < -0.39 is 0 Å². The van der Waals surface area contributed by atoms with Crippen molar-refractivity contribution in [3.8, 4) is 0 Å². The summed E-state index contributed by atoms with van der Waals surface area (Å²) in [6.07, 6.45) is 7.70. The van der Waals surface area contributed by atoms with Gasteiger partial charge in [-0.25, -0.2) is 0 Å². The molecule has 27 heavy (non-hydrogen) atoms. The van der Waals surface area contributed by atoms with Crippen LogP contribution in [0.5, 0.6) is 0 Å². The Morgan fingerprint density at radius 1 is 0.593 bits per heavy atom. The number of fused-ring (bicyclic) bond motifs is 1. The quantitative estimate of drug-likeness (QED) is 0.448. The largest absolute Gasteiger partial charge is 0.0622 e. The van der Waals surface area contributed by atoms with Gasteiger partial charge in [0.05, 0.1) is 0 Å². The standard InChI is InChI=1S/C12H16.C8H10.C7H8/c1-2-10-7-8-11-5-3-4-6-12(11)9-10;1-2-8-6-4-3-5-7-8;1-7-5-3-2-4-6-7/h7-9H,2-6H2,1H3;3-7H,2H2,1H3;2-6H,1H3. The van der Waals surface area contributed by atoms with Gasteiger partial charge in [-0.1, -0.05) is 98.3 Å². The molecule has 0 saturated heterocycles. The van der Waals surface area contributed by atoms with Crippen molar-refractivity contribution in [1.82, 2.24) is 0 Å². The summed E-state index contributed by atoms with van der Waals surface area (Å²) in [6.45, 7) is 6.47. The smallest absolute Gasteiger partial charge is 0.0276 e. The van der Waals surface area contributed by atoms with Gasteiger partial charge in [-0.2, -0.15) is 0 Å². The van der Waals surface area contributed by atoms with Gasteiger partial charge in [-0.05, 0) is 67.7 Å². The molecule has 0 fully saturated rings. The van der Waals surface area contributed by atoms with E-state index >= 15 is 0 Å². The lowest BCUT2D eigenvalue weighted by atomic mass is 9.90. The molecule has 0 saturated carbocycles. The molecular formula is C27H34. The zero-order valence-corrected chi connectivity index (χ0v) is 17.2. The van der Waals surface area contributed by atoms with Crippen LogP contribution in [-0.4, -0.2) is 0 Å². The number of benzene rings is 3. The van der Waals surface area contributed by atoms with Gasteiger partial charge >= 0.3 is 0 Å². The second kappa shape index (κ2) is 12.1. The van der Waals surface area contributed by atoms with Gasteiger partial charge in [0.1, 0.15) is 0 Å². The maximum atomic E-state index is 2.40. The van der Waals surface area contributed by atoms with Crippen LogP contribution in [0.1, 0.15) is 54.5 Å². The lowest BCUT2D eigenvalue weighted by Gasteiger charge is -2.15. The molecule has 4 rings (SSSR count). The Kier molecular flexibility index (Phi) is 9.41. The Morgan fingerprint density at radius 3 is 1.63 bits per heavy atom. The lowest BCUT2D eigenvalue weighted by molar-refractivity contribution is 0.684. The summed E-state index contributed by atoms with van der Waals surface area (Å²) in [5.74, 6) is 0. The van der Waals surface area contributed by atoms with Crippen molar-refractivity contribution in [2.24, 2.45) is 0 Å². The van der Waals surface area contributed by atoms with E-state index in [0.717, 1.165) is 6.42 Å². The second-order valence-corrected chi connectivity index (χ2v) is 7.16. The normalized spacial score (nSPS) is 12.0. The van der Waals surface area contributed by atoms with Gasteiger partial charge in [0, 0.05) is 0 Å². The minimum Gasteiger partial charge on any atom is -0.0622 e. The molecule has 0 bridgehead atoms. The average molecular weight is 359 g/mol. The summed E-state index contributed by atoms with van der Waals surface area (Å²) in [5, 5.41) is 0. The molecule has 142 valence electrons. The average Bonchev–Trinajstić information content (AvgIpc) is 2.75. The molecule has 0 heteroatoms. The fourth-order valence-corrected chi connectivity index (χ4v) is 3.25. The van der Waals surface area contributed by atoms with Crippen LogP contribution >= 0.6 is 0 Å². The molecule has 1 aliphatic carbocycles. The maximum Gasteiger partial charge on any atom is -0.0276 e. The number of hydrogen-bond acceptors (Lipinski definition) is 0. The van der Waals surface area contributed by atoms with Crippen molar-refractivity contribution in [3.05, 3.63) is 107 Å². The van der Waals surface area contributed by atoms with Crippen LogP contribution < -0.4 is 0 Å². The van der Waals surface area contributed by atoms with Crippen molar-refractivity contribution in [2.45, 2.75) is 59.3 Å². The third kappa shape index (κ3) is 7.83. The molecule has 0 nitrogen and oxygen atoms in total. The second-order valence-electron chi connectivity index (χ2n) is 7.16. The van der Waals surface area contributed by atoms with Gasteiger partial charge in [0.15, 0.2) is 0 Å². The van der Waals surface area contributed by atoms with Crippen LogP contribution in [0.15, 0.2) is 78.9 Å². The van der Waals surface area contributed by atoms with Gasteiger partial charge in [0.2, 0.25) is 0 Å². The van der Waals surface area contributed by atoms with E-state index in [0.29, 0.717) is 0 Å². The van der Waals surface area contributed by atoms with Crippen molar-refractivity contribution >= 4 is 0 Å². The fraction of sp³-hybridized carbons (Fsp3) is 0.333. The summed E-state index contributed by atoms with van der Waals surface area (Å²) >= 11 is 0. The fourth-order valence-electron chi connectivity index (χ4n) is 3.25. The SMILES string of the molecule is CCc1ccc2c(c1)CCCC2.CCc1ccccc1.Cc1ccccc1. The molecule has 0 unspecified atom stereocenters. The highest BCUT2D eigenvalue weighted by Crippen LogP contribution is 2.22. The lowest BCUT2D eigenvalue weighted by Crippen LogP contribution is -2.02. The summed E-state index contributed by atoms with van der Waals surface area (Å²) < 4.78 is 0. The van der Waals surface area contributed by atoms with Gasteiger partial charge in [-0.15, -0.1) is 0 Å². The van der Waals surface area contributed by atoms with E-state index in [-0.39, 0.29) is 0 Å². The molecule has 0 heterocycles. The highest BCUT2D eigenvalue weighted by molar-refractivity contribution is 5.33. The van der Waals surface area contributed by atoms with Crippen molar-refractivity contribution in [2.75, 3.05) is 0 Å². The first-order chi connectivity index (χ1) is 13.2. The Balaban J connectivity index is 0.000000153. The van der Waals surface area contributed by atoms with Crippen molar-refractivity contribution < 1.29 is 0 Å². The molecule has 0 spiro atoms. The summed E-state index contributed by atoms with van der Waals surface area (Å²) in [5.41, 5.74) is 7.43. The summed E-state index contributed by atoms with van der Waals surface area (Å²) in [6, 6.07) is 27.7. The van der Waals surface area contributed by atoms with Gasteiger partial charge in [0.25, 0.3) is 0 Å². The van der Waals surface area contributed by atoms with Gasteiger partial charge in [-0.3, -0.25) is 0 Å². The summed E-state index contributed by atoms with van der Waals surface area (Å²) in [7, 11) is 0. The third-order valence-electron chi connectivity index (χ3n) is 5.01. The van der Waals surface area contributed by atoms with E-state index in [2.05, 4.69) is 75.4 Å². The van der Waals surface area contributed by atoms with Crippen LogP contribution in [0.3, 0.4) is 0 Å². The topological polar surface area (TPSA) is 0 Å². The number of hydrogen-bond donors (Lipinski definition) is 0. The Hall–Kier alpha value is -2.34. The predicted octanol–water partition coefficient (Wildman–Crippen LogP) is 7.37. The molecular weight excluding hydrogens is 324 g/mol. The zero-order chi connectivity index (χ0) is 19.3. The molecule has 3 aromatic carbocycles. The van der Waals surface area contributed by atoms with Crippen molar-refractivity contribution in [1.29, 1.82) is 0 Å². The Labute approximate surface area is 166 Å². The van der Waals surface area contributed by atoms with Crippen molar-refractivity contribution in [3.63, 3.8) is 0 Å². The number of aryl methyl sites for hydroxylation is 5. The third-order valence-corrected chi connectivity index (χ3v) is 5.01. The predicted molar refractivity (Wildman–Crippen MR) is 119 cm³/mol. The molecule has 0 aromatic heterocycles. The molecule has 0 amide bonds. The maximum absolute atomic E-state index is 2.40. The highest BCUT2D eigenvalue weighted by Gasteiger charge is 2.08. The zero-order valence-electron chi connectivity index (χ0n) is 17.2. The first-order valence-electron chi connectivity index (χ1n) is 10.4. The molecule has 1 aliphatic rings. The minimum absolute atomic E-state index is 1.14. The van der Waals surface area contributed by atoms with Crippen LogP contribution in [0.4, 0.5) is 0 Å². The van der Waals surface area contributed by atoms with Gasteiger partial charge < -0.3 is 0 Å². The highest BCUT2D eigenvalue weighted by atomic mass is 14.1. The van der Waals surface area contributed by atoms with E-state index in [1.165, 1.54) is 48.8 Å². The van der Waals surface area contributed by atoms with E-state index in [4.69, 9.17) is 0 Å². The van der Waals surface area contributed by atoms with Crippen LogP contribution in [-0.2, 0) is 25.7 Å². The Morgan fingerprint density at radius 2 is 1.15 bits per heavy atom. The van der Waals surface area contributed by atoms with Crippen LogP contribution in [0, 0.1) is 6.92 Å². The van der Waals surface area contributed by atoms with E-state index in [9.17, 15) is 0 Å². The van der Waals surface area contributed by atoms with Crippen LogP contribution in [0.2, 0.25) is 0 Å². The number of rotatable bonds is 2.